The summed E-state index contributed by atoms with van der Waals surface area (Å²) in [5.41, 5.74) is 1.19. The summed E-state index contributed by atoms with van der Waals surface area (Å²) in [5.74, 6) is -4.07. The summed E-state index contributed by atoms with van der Waals surface area (Å²) in [4.78, 5) is 59.9. The number of hydrogen-bond donors (Lipinski definition) is 2. The van der Waals surface area contributed by atoms with E-state index in [1.54, 1.807) is 53.2 Å². The Kier molecular flexibility index (Phi) is 11.3. The zero-order chi connectivity index (χ0) is 38.7. The van der Waals surface area contributed by atoms with Gasteiger partial charge in [-0.1, -0.05) is 106 Å². The number of nitrogens with zero attached hydrogens (tertiary/aromatic N) is 5. The van der Waals surface area contributed by atoms with E-state index in [4.69, 9.17) is 9.47 Å². The third-order valence-corrected chi connectivity index (χ3v) is 11.6. The van der Waals surface area contributed by atoms with Crippen molar-refractivity contribution in [1.29, 1.82) is 0 Å². The summed E-state index contributed by atoms with van der Waals surface area (Å²) in [6.45, 7) is 7.18. The van der Waals surface area contributed by atoms with E-state index in [0.717, 1.165) is 0 Å². The lowest BCUT2D eigenvalue weighted by Crippen LogP contribution is -2.57. The number of fused-ring (bicyclic) bond motifs is 2. The van der Waals surface area contributed by atoms with Crippen molar-refractivity contribution in [3.63, 3.8) is 0 Å². The minimum atomic E-state index is -1.45. The van der Waals surface area contributed by atoms with E-state index in [-0.39, 0.29) is 38.5 Å². The highest BCUT2D eigenvalue weighted by Crippen LogP contribution is 2.61. The number of hydrogen-bond acceptors (Lipinski definition) is 9. The van der Waals surface area contributed by atoms with Gasteiger partial charge in [0.15, 0.2) is 0 Å². The number of likely N-dealkylation sites (tertiary alicyclic amines) is 1. The van der Waals surface area contributed by atoms with Gasteiger partial charge in [-0.05, 0) is 36.1 Å². The summed E-state index contributed by atoms with van der Waals surface area (Å²) < 4.78 is 14.6. The van der Waals surface area contributed by atoms with E-state index in [2.05, 4.69) is 44.7 Å². The number of aromatic nitrogens is 3. The van der Waals surface area contributed by atoms with Crippen molar-refractivity contribution < 1.29 is 33.8 Å². The number of allylic oxidation sites excluding steroid dienone is 1. The van der Waals surface area contributed by atoms with Crippen LogP contribution in [0.1, 0.15) is 42.5 Å². The third-order valence-electron chi connectivity index (χ3n) is 10.8. The largest absolute Gasteiger partial charge is 0.455 e. The standard InChI is InChI=1S/C41H43BrN6O7/c1-3-5-20-33(50)43-23-32(27-16-10-7-11-17-27)54-40(53)34-35-38(51)48(31(24-49)26-14-8-6-9-15-26)37(41(35)22-28(42)36(34)55-41)39(52)46(21-4-2)25-47-30-19-13-12-18-29(30)44-45-47/h3-4,6-19,28,31-32,34-37,49H,1-2,5,20-25H2,(H,43,50)/t28?,31-,32-,34-,35+,36-,37-,41+/m1/s1. The zero-order valence-electron chi connectivity index (χ0n) is 30.2. The number of halogens is 1. The van der Waals surface area contributed by atoms with E-state index >= 15 is 9.59 Å². The summed E-state index contributed by atoms with van der Waals surface area (Å²) in [5, 5.41) is 22.3. The molecule has 3 aliphatic heterocycles. The maximum absolute atomic E-state index is 15.2. The lowest BCUT2D eigenvalue weighted by atomic mass is 9.70. The molecule has 4 heterocycles. The van der Waals surface area contributed by atoms with Crippen molar-refractivity contribution in [2.75, 3.05) is 19.7 Å². The number of nitrogens with one attached hydrogen (secondary N) is 1. The van der Waals surface area contributed by atoms with Crippen LogP contribution >= 0.6 is 15.9 Å². The van der Waals surface area contributed by atoms with Crippen LogP contribution in [0.4, 0.5) is 0 Å². The van der Waals surface area contributed by atoms with E-state index in [1.807, 2.05) is 48.5 Å². The number of amides is 3. The minimum Gasteiger partial charge on any atom is -0.455 e. The molecule has 3 aliphatic rings. The number of ether oxygens (including phenoxy) is 2. The van der Waals surface area contributed by atoms with Crippen LogP contribution in [0.25, 0.3) is 11.0 Å². The van der Waals surface area contributed by atoms with Crippen LogP contribution in [0, 0.1) is 11.8 Å². The fourth-order valence-corrected chi connectivity index (χ4v) is 9.30. The van der Waals surface area contributed by atoms with Crippen LogP contribution in [0.5, 0.6) is 0 Å². The average molecular weight is 812 g/mol. The fraction of sp³-hybridized carbons (Fsp3) is 0.366. The molecule has 14 heteroatoms. The number of esters is 1. The first kappa shape index (κ1) is 38.1. The van der Waals surface area contributed by atoms with Crippen molar-refractivity contribution >= 4 is 50.7 Å². The van der Waals surface area contributed by atoms with Crippen molar-refractivity contribution in [2.24, 2.45) is 11.8 Å². The monoisotopic (exact) mass is 810 g/mol. The maximum atomic E-state index is 15.2. The van der Waals surface area contributed by atoms with Crippen molar-refractivity contribution in [1.82, 2.24) is 30.1 Å². The highest BCUT2D eigenvalue weighted by atomic mass is 79.9. The fourth-order valence-electron chi connectivity index (χ4n) is 8.35. The molecular formula is C41H43BrN6O7. The Morgan fingerprint density at radius 2 is 1.73 bits per heavy atom. The molecule has 0 radical (unpaired) electrons. The first-order chi connectivity index (χ1) is 26.7. The van der Waals surface area contributed by atoms with Crippen LogP contribution in [-0.4, -0.2) is 95.9 Å². The summed E-state index contributed by atoms with van der Waals surface area (Å²) in [7, 11) is 0. The second-order valence-corrected chi connectivity index (χ2v) is 15.2. The second kappa shape index (κ2) is 16.3. The van der Waals surface area contributed by atoms with E-state index in [0.29, 0.717) is 28.6 Å². The molecule has 3 fully saturated rings. The third kappa shape index (κ3) is 7.09. The Bertz CT molecular complexity index is 2060. The van der Waals surface area contributed by atoms with Crippen LogP contribution in [-0.2, 0) is 35.3 Å². The molecule has 1 unspecified atom stereocenters. The molecule has 0 saturated carbocycles. The van der Waals surface area contributed by atoms with Crippen molar-refractivity contribution in [2.45, 2.75) is 60.7 Å². The van der Waals surface area contributed by atoms with Gasteiger partial charge in [-0.25, -0.2) is 4.68 Å². The lowest BCUT2D eigenvalue weighted by molar-refractivity contribution is -0.161. The van der Waals surface area contributed by atoms with Gasteiger partial charge in [0, 0.05) is 17.8 Å². The Labute approximate surface area is 327 Å². The van der Waals surface area contributed by atoms with Crippen LogP contribution < -0.4 is 5.32 Å². The molecule has 2 N–H and O–H groups in total. The highest BCUT2D eigenvalue weighted by Gasteiger charge is 2.77. The van der Waals surface area contributed by atoms with E-state index in [1.165, 1.54) is 9.80 Å². The molecule has 3 aromatic carbocycles. The minimum absolute atomic E-state index is 0.00673. The SMILES string of the molecule is C=CCCC(=O)NC[C@@H](OC(=O)[C@H]1[C@@H]2O[C@@]3(CC2Br)[C@@H]1C(=O)N([C@H](CO)c1ccccc1)[C@@H]3C(=O)N(CC=C)Cn1nnc2ccccc21)c1ccccc1. The number of para-hydroxylation sites is 1. The number of aliphatic hydroxyl groups is 1. The first-order valence-electron chi connectivity index (χ1n) is 18.3. The molecule has 4 aromatic rings. The molecule has 3 amide bonds. The van der Waals surface area contributed by atoms with Crippen LogP contribution in [0.3, 0.4) is 0 Å². The molecule has 286 valence electrons. The molecule has 0 aliphatic carbocycles. The maximum Gasteiger partial charge on any atom is 0.313 e. The topological polar surface area (TPSA) is 156 Å². The molecule has 1 aromatic heterocycles. The number of rotatable bonds is 16. The molecular weight excluding hydrogens is 768 g/mol. The Balaban J connectivity index is 1.26. The van der Waals surface area contributed by atoms with Gasteiger partial charge >= 0.3 is 5.97 Å². The summed E-state index contributed by atoms with van der Waals surface area (Å²) >= 11 is 3.74. The molecule has 3 saturated heterocycles. The number of benzene rings is 3. The molecule has 2 bridgehead atoms. The van der Waals surface area contributed by atoms with Crippen LogP contribution in [0.2, 0.25) is 0 Å². The van der Waals surface area contributed by atoms with Gasteiger partial charge in [0.05, 0.1) is 42.6 Å². The van der Waals surface area contributed by atoms with Gasteiger partial charge in [-0.2, -0.15) is 0 Å². The predicted molar refractivity (Wildman–Crippen MR) is 206 cm³/mol. The molecule has 8 atom stereocenters. The zero-order valence-corrected chi connectivity index (χ0v) is 31.7. The molecule has 55 heavy (non-hydrogen) atoms. The van der Waals surface area contributed by atoms with Crippen molar-refractivity contribution in [3.8, 4) is 0 Å². The smallest absolute Gasteiger partial charge is 0.313 e. The number of aliphatic hydroxyl groups excluding tert-OH is 1. The molecule has 13 nitrogen and oxygen atoms in total. The summed E-state index contributed by atoms with van der Waals surface area (Å²) in [6, 6.07) is 23.3. The Morgan fingerprint density at radius 3 is 2.42 bits per heavy atom. The number of alkyl halides is 1. The van der Waals surface area contributed by atoms with Gasteiger partial charge in [0.1, 0.15) is 29.9 Å². The number of carbonyl (C=O) groups excluding carboxylic acids is 4. The Hall–Kier alpha value is -5.18. The van der Waals surface area contributed by atoms with Crippen LogP contribution in [0.15, 0.2) is 110 Å². The van der Waals surface area contributed by atoms with Gasteiger partial charge in [0.2, 0.25) is 17.7 Å². The second-order valence-electron chi connectivity index (χ2n) is 14.1. The average Bonchev–Trinajstić information content (AvgIpc) is 3.93. The lowest BCUT2D eigenvalue weighted by Gasteiger charge is -2.39. The normalized spacial score (nSPS) is 24.9. The molecule has 7 rings (SSSR count). The quantitative estimate of drug-likeness (QED) is 0.0960. The predicted octanol–water partition coefficient (Wildman–Crippen LogP) is 4.25. The number of carbonyl (C=O) groups is 4. The van der Waals surface area contributed by atoms with Gasteiger partial charge in [-0.3, -0.25) is 19.2 Å². The van der Waals surface area contributed by atoms with Gasteiger partial charge < -0.3 is 29.7 Å². The van der Waals surface area contributed by atoms with Gasteiger partial charge in [-0.15, -0.1) is 18.3 Å². The first-order valence-corrected chi connectivity index (χ1v) is 19.2. The summed E-state index contributed by atoms with van der Waals surface area (Å²) in [6.07, 6.45) is 2.55. The van der Waals surface area contributed by atoms with E-state index < -0.39 is 70.9 Å². The Morgan fingerprint density at radius 1 is 1.04 bits per heavy atom. The van der Waals surface area contributed by atoms with Crippen molar-refractivity contribution in [3.05, 3.63) is 121 Å². The molecule has 1 spiro atoms. The van der Waals surface area contributed by atoms with E-state index in [9.17, 15) is 14.7 Å². The highest BCUT2D eigenvalue weighted by molar-refractivity contribution is 9.09. The van der Waals surface area contributed by atoms with Gasteiger partial charge in [0.25, 0.3) is 0 Å².